The van der Waals surface area contributed by atoms with Crippen LogP contribution in [0.15, 0.2) is 66.7 Å². The van der Waals surface area contributed by atoms with Gasteiger partial charge >= 0.3 is 7.12 Å². The standard InChI is InChI=1S/C16H13BO3/c18-17(19)15-7-3-4-8-16(15)20-14-10-9-12-5-1-2-6-13(12)11-14/h1-11,18-19H. The van der Waals surface area contributed by atoms with Crippen LogP contribution in [0, 0.1) is 0 Å². The largest absolute Gasteiger partial charge is 0.492 e. The molecule has 0 aliphatic rings. The lowest BCUT2D eigenvalue weighted by atomic mass is 9.79. The summed E-state index contributed by atoms with van der Waals surface area (Å²) in [5.41, 5.74) is 0.348. The third-order valence-electron chi connectivity index (χ3n) is 3.15. The van der Waals surface area contributed by atoms with Gasteiger partial charge in [-0.15, -0.1) is 0 Å². The third-order valence-corrected chi connectivity index (χ3v) is 3.15. The van der Waals surface area contributed by atoms with Crippen LogP contribution < -0.4 is 10.2 Å². The van der Waals surface area contributed by atoms with Crippen LogP contribution in [0.25, 0.3) is 10.8 Å². The number of ether oxygens (including phenoxy) is 1. The minimum atomic E-state index is -1.55. The van der Waals surface area contributed by atoms with E-state index in [4.69, 9.17) is 4.74 Å². The summed E-state index contributed by atoms with van der Waals surface area (Å²) in [5.74, 6) is 1.11. The molecule has 0 radical (unpaired) electrons. The highest BCUT2D eigenvalue weighted by molar-refractivity contribution is 6.59. The minimum Gasteiger partial charge on any atom is -0.458 e. The Balaban J connectivity index is 1.97. The summed E-state index contributed by atoms with van der Waals surface area (Å²) in [6, 6.07) is 20.6. The molecule has 20 heavy (non-hydrogen) atoms. The maximum atomic E-state index is 9.33. The van der Waals surface area contributed by atoms with Crippen LogP contribution in [0.3, 0.4) is 0 Å². The summed E-state index contributed by atoms with van der Waals surface area (Å²) < 4.78 is 5.76. The molecule has 4 heteroatoms. The van der Waals surface area contributed by atoms with Crippen LogP contribution in [0.5, 0.6) is 11.5 Å². The fourth-order valence-corrected chi connectivity index (χ4v) is 2.14. The molecule has 3 aromatic carbocycles. The molecular weight excluding hydrogens is 251 g/mol. The molecule has 0 spiro atoms. The summed E-state index contributed by atoms with van der Waals surface area (Å²) >= 11 is 0. The third kappa shape index (κ3) is 2.52. The molecule has 0 saturated heterocycles. The van der Waals surface area contributed by atoms with Gasteiger partial charge in [0.15, 0.2) is 0 Å². The molecule has 2 N–H and O–H groups in total. The van der Waals surface area contributed by atoms with E-state index in [1.54, 1.807) is 24.3 Å². The summed E-state index contributed by atoms with van der Waals surface area (Å²) in [6.45, 7) is 0. The highest BCUT2D eigenvalue weighted by Gasteiger charge is 2.16. The lowest BCUT2D eigenvalue weighted by Gasteiger charge is -2.11. The van der Waals surface area contributed by atoms with Crippen molar-refractivity contribution in [2.75, 3.05) is 0 Å². The second-order valence-corrected chi connectivity index (χ2v) is 4.52. The average molecular weight is 264 g/mol. The monoisotopic (exact) mass is 264 g/mol. The topological polar surface area (TPSA) is 49.7 Å². The molecule has 0 saturated carbocycles. The first kappa shape index (κ1) is 12.7. The molecule has 3 aromatic rings. The van der Waals surface area contributed by atoms with Gasteiger partial charge in [0.1, 0.15) is 11.5 Å². The number of benzene rings is 3. The summed E-state index contributed by atoms with van der Waals surface area (Å²) in [5, 5.41) is 20.9. The summed E-state index contributed by atoms with van der Waals surface area (Å²) in [7, 11) is -1.55. The van der Waals surface area contributed by atoms with Gasteiger partial charge in [0.05, 0.1) is 0 Å². The van der Waals surface area contributed by atoms with E-state index in [0.29, 0.717) is 17.0 Å². The van der Waals surface area contributed by atoms with Crippen LogP contribution in [-0.4, -0.2) is 17.2 Å². The molecule has 0 aromatic heterocycles. The Kier molecular flexibility index (Phi) is 3.42. The van der Waals surface area contributed by atoms with Crippen molar-refractivity contribution in [3.8, 4) is 11.5 Å². The maximum absolute atomic E-state index is 9.33. The van der Waals surface area contributed by atoms with Gasteiger partial charge < -0.3 is 14.8 Å². The molecule has 98 valence electrons. The van der Waals surface area contributed by atoms with Crippen LogP contribution >= 0.6 is 0 Å². The second-order valence-electron chi connectivity index (χ2n) is 4.52. The molecule has 3 rings (SSSR count). The van der Waals surface area contributed by atoms with Crippen molar-refractivity contribution in [2.45, 2.75) is 0 Å². The van der Waals surface area contributed by atoms with Gasteiger partial charge in [-0.1, -0.05) is 48.5 Å². The molecule has 0 heterocycles. The number of para-hydroxylation sites is 1. The molecular formula is C16H13BO3. The fourth-order valence-electron chi connectivity index (χ4n) is 2.14. The van der Waals surface area contributed by atoms with Crippen molar-refractivity contribution >= 4 is 23.4 Å². The zero-order valence-corrected chi connectivity index (χ0v) is 10.7. The van der Waals surface area contributed by atoms with Gasteiger partial charge in [0, 0.05) is 5.46 Å². The van der Waals surface area contributed by atoms with Gasteiger partial charge in [-0.3, -0.25) is 0 Å². The van der Waals surface area contributed by atoms with Crippen LogP contribution in [0.2, 0.25) is 0 Å². The van der Waals surface area contributed by atoms with E-state index in [1.165, 1.54) is 0 Å². The Morgan fingerprint density at radius 1 is 0.750 bits per heavy atom. The molecule has 0 aliphatic heterocycles. The van der Waals surface area contributed by atoms with Crippen molar-refractivity contribution in [2.24, 2.45) is 0 Å². The van der Waals surface area contributed by atoms with Crippen molar-refractivity contribution in [3.63, 3.8) is 0 Å². The van der Waals surface area contributed by atoms with Crippen molar-refractivity contribution in [3.05, 3.63) is 66.7 Å². The quantitative estimate of drug-likeness (QED) is 0.714. The SMILES string of the molecule is OB(O)c1ccccc1Oc1ccc2ccccc2c1. The van der Waals surface area contributed by atoms with Crippen LogP contribution in [0.4, 0.5) is 0 Å². The highest BCUT2D eigenvalue weighted by Crippen LogP contribution is 2.24. The smallest absolute Gasteiger partial charge is 0.458 e. The molecule has 0 fully saturated rings. The van der Waals surface area contributed by atoms with Gasteiger partial charge in [-0.2, -0.15) is 0 Å². The predicted octanol–water partition coefficient (Wildman–Crippen LogP) is 2.31. The first-order valence-corrected chi connectivity index (χ1v) is 6.36. The molecule has 0 atom stereocenters. The van der Waals surface area contributed by atoms with Gasteiger partial charge in [0.25, 0.3) is 0 Å². The van der Waals surface area contributed by atoms with Crippen LogP contribution in [0.1, 0.15) is 0 Å². The zero-order chi connectivity index (χ0) is 13.9. The molecule has 0 amide bonds. The zero-order valence-electron chi connectivity index (χ0n) is 10.7. The van der Waals surface area contributed by atoms with E-state index in [1.807, 2.05) is 42.5 Å². The van der Waals surface area contributed by atoms with Gasteiger partial charge in [-0.25, -0.2) is 0 Å². The van der Waals surface area contributed by atoms with Crippen molar-refractivity contribution in [1.82, 2.24) is 0 Å². The van der Waals surface area contributed by atoms with E-state index in [2.05, 4.69) is 0 Å². The molecule has 0 bridgehead atoms. The fraction of sp³-hybridized carbons (Fsp3) is 0. The number of rotatable bonds is 3. The molecule has 0 unspecified atom stereocenters. The first-order chi connectivity index (χ1) is 9.74. The maximum Gasteiger partial charge on any atom is 0.492 e. The Bertz CT molecular complexity index is 740. The summed E-state index contributed by atoms with van der Waals surface area (Å²) in [6.07, 6.45) is 0. The number of fused-ring (bicyclic) bond motifs is 1. The molecule has 0 aliphatic carbocycles. The average Bonchev–Trinajstić information content (AvgIpc) is 2.47. The highest BCUT2D eigenvalue weighted by atomic mass is 16.5. The van der Waals surface area contributed by atoms with Crippen LogP contribution in [-0.2, 0) is 0 Å². The molecule has 3 nitrogen and oxygen atoms in total. The Morgan fingerprint density at radius 2 is 1.45 bits per heavy atom. The van der Waals surface area contributed by atoms with Gasteiger partial charge in [-0.05, 0) is 29.0 Å². The number of hydrogen-bond acceptors (Lipinski definition) is 3. The lowest BCUT2D eigenvalue weighted by Crippen LogP contribution is -2.30. The minimum absolute atomic E-state index is 0.348. The first-order valence-electron chi connectivity index (χ1n) is 6.36. The predicted molar refractivity (Wildman–Crippen MR) is 80.3 cm³/mol. The normalized spacial score (nSPS) is 10.5. The van der Waals surface area contributed by atoms with E-state index < -0.39 is 7.12 Å². The van der Waals surface area contributed by atoms with Crippen molar-refractivity contribution in [1.29, 1.82) is 0 Å². The van der Waals surface area contributed by atoms with E-state index in [0.717, 1.165) is 10.8 Å². The second kappa shape index (κ2) is 5.37. The Hall–Kier alpha value is -2.30. The van der Waals surface area contributed by atoms with Gasteiger partial charge in [0.2, 0.25) is 0 Å². The van der Waals surface area contributed by atoms with Crippen molar-refractivity contribution < 1.29 is 14.8 Å². The Labute approximate surface area is 117 Å². The summed E-state index contributed by atoms with van der Waals surface area (Å²) in [4.78, 5) is 0. The lowest BCUT2D eigenvalue weighted by molar-refractivity contribution is 0.421. The number of hydrogen-bond donors (Lipinski definition) is 2. The Morgan fingerprint density at radius 3 is 2.25 bits per heavy atom. The van der Waals surface area contributed by atoms with E-state index in [-0.39, 0.29) is 0 Å². The van der Waals surface area contributed by atoms with E-state index in [9.17, 15) is 10.0 Å². The van der Waals surface area contributed by atoms with E-state index >= 15 is 0 Å².